The molecule has 1 aliphatic heterocycles. The third kappa shape index (κ3) is 5.05. The van der Waals surface area contributed by atoms with Gasteiger partial charge in [0.05, 0.1) is 12.2 Å². The Morgan fingerprint density at radius 2 is 2.00 bits per heavy atom. The molecule has 2 unspecified atom stereocenters. The van der Waals surface area contributed by atoms with Gasteiger partial charge in [-0.15, -0.1) is 0 Å². The Kier molecular flexibility index (Phi) is 5.68. The van der Waals surface area contributed by atoms with Gasteiger partial charge in [0, 0.05) is 19.6 Å². The van der Waals surface area contributed by atoms with Gasteiger partial charge in [0.2, 0.25) is 0 Å². The molecule has 2 aromatic carbocycles. The smallest absolute Gasteiger partial charge is 0.255 e. The molecule has 2 N–H and O–H groups in total. The van der Waals surface area contributed by atoms with E-state index in [9.17, 15) is 4.79 Å². The second-order valence-corrected chi connectivity index (χ2v) is 6.44. The molecular weight excluding hydrogens is 316 g/mol. The van der Waals surface area contributed by atoms with Gasteiger partial charge in [0.25, 0.3) is 5.91 Å². The summed E-state index contributed by atoms with van der Waals surface area (Å²) >= 11 is 0. The van der Waals surface area contributed by atoms with Crippen molar-refractivity contribution in [2.45, 2.75) is 25.7 Å². The molecular formula is C20H24N2O3. The van der Waals surface area contributed by atoms with Crippen LogP contribution in [0.1, 0.15) is 24.2 Å². The van der Waals surface area contributed by atoms with E-state index in [1.165, 1.54) is 5.56 Å². The van der Waals surface area contributed by atoms with E-state index in [2.05, 4.69) is 30.0 Å². The first-order valence-electron chi connectivity index (χ1n) is 8.53. The van der Waals surface area contributed by atoms with Crippen molar-refractivity contribution in [1.29, 1.82) is 0 Å². The van der Waals surface area contributed by atoms with Crippen LogP contribution >= 0.6 is 0 Å². The fraction of sp³-hybridized carbons (Fsp3) is 0.350. The third-order valence-electron chi connectivity index (χ3n) is 4.19. The molecule has 1 fully saturated rings. The molecule has 2 aromatic rings. The van der Waals surface area contributed by atoms with Crippen molar-refractivity contribution >= 4 is 5.91 Å². The maximum Gasteiger partial charge on any atom is 0.255 e. The number of nitrogens with two attached hydrogens (primary N) is 1. The normalized spacial score (nSPS) is 21.0. The topological polar surface area (TPSA) is 64.8 Å². The van der Waals surface area contributed by atoms with Crippen molar-refractivity contribution < 1.29 is 14.3 Å². The molecule has 3 rings (SSSR count). The first-order chi connectivity index (χ1) is 12.1. The van der Waals surface area contributed by atoms with Gasteiger partial charge in [0.15, 0.2) is 6.61 Å². The Morgan fingerprint density at radius 3 is 2.76 bits per heavy atom. The van der Waals surface area contributed by atoms with Crippen molar-refractivity contribution in [2.75, 3.05) is 19.7 Å². The van der Waals surface area contributed by atoms with Gasteiger partial charge in [-0.05, 0) is 30.2 Å². The SMILES string of the molecule is CC1CN(Cc2cccc(OCC(N)=O)c2)CC(c2ccccc2)O1. The van der Waals surface area contributed by atoms with Crippen LogP contribution in [0.15, 0.2) is 54.6 Å². The quantitative estimate of drug-likeness (QED) is 0.877. The number of rotatable bonds is 6. The van der Waals surface area contributed by atoms with Crippen LogP contribution in [-0.4, -0.2) is 36.6 Å². The largest absolute Gasteiger partial charge is 0.484 e. The third-order valence-corrected chi connectivity index (χ3v) is 4.19. The number of hydrogen-bond acceptors (Lipinski definition) is 4. The summed E-state index contributed by atoms with van der Waals surface area (Å²) in [6, 6.07) is 18.1. The van der Waals surface area contributed by atoms with Crippen LogP contribution in [0.4, 0.5) is 0 Å². The molecule has 1 saturated heterocycles. The molecule has 0 saturated carbocycles. The minimum Gasteiger partial charge on any atom is -0.484 e. The van der Waals surface area contributed by atoms with Gasteiger partial charge < -0.3 is 15.2 Å². The summed E-state index contributed by atoms with van der Waals surface area (Å²) in [5.74, 6) is 0.190. The monoisotopic (exact) mass is 340 g/mol. The maximum atomic E-state index is 10.9. The molecule has 1 heterocycles. The Balaban J connectivity index is 1.65. The first-order valence-corrected chi connectivity index (χ1v) is 8.53. The summed E-state index contributed by atoms with van der Waals surface area (Å²) in [6.07, 6.45) is 0.257. The molecule has 0 bridgehead atoms. The van der Waals surface area contributed by atoms with Crippen molar-refractivity contribution in [3.05, 3.63) is 65.7 Å². The number of amides is 1. The molecule has 0 aliphatic carbocycles. The van der Waals surface area contributed by atoms with Gasteiger partial charge in [-0.3, -0.25) is 9.69 Å². The predicted molar refractivity (Wildman–Crippen MR) is 96.1 cm³/mol. The number of morpholine rings is 1. The summed E-state index contributed by atoms with van der Waals surface area (Å²) in [4.78, 5) is 13.2. The molecule has 0 radical (unpaired) electrons. The molecule has 0 aromatic heterocycles. The molecule has 5 heteroatoms. The van der Waals surface area contributed by atoms with E-state index in [4.69, 9.17) is 15.2 Å². The first kappa shape index (κ1) is 17.5. The molecule has 5 nitrogen and oxygen atoms in total. The van der Waals surface area contributed by atoms with Crippen molar-refractivity contribution in [1.82, 2.24) is 4.90 Å². The standard InChI is InChI=1S/C20H24N2O3/c1-15-11-22(13-19(25-15)17-7-3-2-4-8-17)12-16-6-5-9-18(10-16)24-14-20(21)23/h2-10,15,19H,11-14H2,1H3,(H2,21,23). The average Bonchev–Trinajstić information content (AvgIpc) is 2.60. The van der Waals surface area contributed by atoms with Gasteiger partial charge in [-0.2, -0.15) is 0 Å². The molecule has 1 aliphatic rings. The van der Waals surface area contributed by atoms with Crippen LogP contribution in [0.3, 0.4) is 0 Å². The fourth-order valence-corrected chi connectivity index (χ4v) is 3.17. The van der Waals surface area contributed by atoms with Crippen LogP contribution in [0.2, 0.25) is 0 Å². The second kappa shape index (κ2) is 8.14. The molecule has 1 amide bonds. The lowest BCUT2D eigenvalue weighted by Gasteiger charge is -2.37. The fourth-order valence-electron chi connectivity index (χ4n) is 3.17. The minimum atomic E-state index is -0.474. The minimum absolute atomic E-state index is 0.0826. The number of nitrogens with zero attached hydrogens (tertiary/aromatic N) is 1. The van der Waals surface area contributed by atoms with Crippen molar-refractivity contribution in [3.63, 3.8) is 0 Å². The predicted octanol–water partition coefficient (Wildman–Crippen LogP) is 2.51. The van der Waals surface area contributed by atoms with E-state index in [0.717, 1.165) is 25.2 Å². The summed E-state index contributed by atoms with van der Waals surface area (Å²) in [5.41, 5.74) is 7.48. The van der Waals surface area contributed by atoms with E-state index >= 15 is 0 Å². The molecule has 132 valence electrons. The highest BCUT2D eigenvalue weighted by atomic mass is 16.5. The highest BCUT2D eigenvalue weighted by molar-refractivity contribution is 5.75. The zero-order chi connectivity index (χ0) is 17.6. The van der Waals surface area contributed by atoms with E-state index in [1.54, 1.807) is 0 Å². The molecule has 25 heavy (non-hydrogen) atoms. The summed E-state index contributed by atoms with van der Waals surface area (Å²) in [7, 11) is 0. The van der Waals surface area contributed by atoms with Gasteiger partial charge in [-0.1, -0.05) is 42.5 Å². The van der Waals surface area contributed by atoms with Crippen LogP contribution in [0.25, 0.3) is 0 Å². The lowest BCUT2D eigenvalue weighted by molar-refractivity contribution is -0.119. The number of carbonyl (C=O) groups is 1. The second-order valence-electron chi connectivity index (χ2n) is 6.44. The average molecular weight is 340 g/mol. The number of hydrogen-bond donors (Lipinski definition) is 1. The van der Waals surface area contributed by atoms with Crippen molar-refractivity contribution in [2.24, 2.45) is 5.73 Å². The van der Waals surface area contributed by atoms with Gasteiger partial charge >= 0.3 is 0 Å². The summed E-state index contributed by atoms with van der Waals surface area (Å²) in [5, 5.41) is 0. The zero-order valence-electron chi connectivity index (χ0n) is 14.4. The van der Waals surface area contributed by atoms with Crippen LogP contribution < -0.4 is 10.5 Å². The van der Waals surface area contributed by atoms with Gasteiger partial charge in [0.1, 0.15) is 5.75 Å². The number of carbonyl (C=O) groups excluding carboxylic acids is 1. The Morgan fingerprint density at radius 1 is 1.20 bits per heavy atom. The maximum absolute atomic E-state index is 10.9. The van der Waals surface area contributed by atoms with E-state index < -0.39 is 5.91 Å². The van der Waals surface area contributed by atoms with Crippen LogP contribution in [0.5, 0.6) is 5.75 Å². The number of primary amides is 1. The van der Waals surface area contributed by atoms with Crippen LogP contribution in [-0.2, 0) is 16.1 Å². The highest BCUT2D eigenvalue weighted by Gasteiger charge is 2.26. The van der Waals surface area contributed by atoms with E-state index in [1.807, 2.05) is 36.4 Å². The summed E-state index contributed by atoms with van der Waals surface area (Å²) in [6.45, 7) is 4.55. The lowest BCUT2D eigenvalue weighted by atomic mass is 10.1. The van der Waals surface area contributed by atoms with E-state index in [0.29, 0.717) is 5.75 Å². The Hall–Kier alpha value is -2.37. The Bertz CT molecular complexity index is 705. The lowest BCUT2D eigenvalue weighted by Crippen LogP contribution is -2.42. The van der Waals surface area contributed by atoms with E-state index in [-0.39, 0.29) is 18.8 Å². The number of ether oxygens (including phenoxy) is 2. The number of benzene rings is 2. The highest BCUT2D eigenvalue weighted by Crippen LogP contribution is 2.26. The zero-order valence-corrected chi connectivity index (χ0v) is 14.4. The van der Waals surface area contributed by atoms with Gasteiger partial charge in [-0.25, -0.2) is 0 Å². The van der Waals surface area contributed by atoms with Crippen LogP contribution in [0, 0.1) is 0 Å². The molecule has 0 spiro atoms. The molecule has 2 atom stereocenters. The van der Waals surface area contributed by atoms with Crippen molar-refractivity contribution in [3.8, 4) is 5.75 Å². The Labute approximate surface area is 148 Å². The summed E-state index contributed by atoms with van der Waals surface area (Å²) < 4.78 is 11.5.